The zero-order valence-corrected chi connectivity index (χ0v) is 13.9. The molecule has 0 aliphatic carbocycles. The maximum atomic E-state index is 6.36. The Balaban J connectivity index is 2.14. The van der Waals surface area contributed by atoms with Crippen LogP contribution in [0.5, 0.6) is 0 Å². The van der Waals surface area contributed by atoms with Gasteiger partial charge in [-0.25, -0.2) is 0 Å². The van der Waals surface area contributed by atoms with Crippen molar-refractivity contribution in [3.05, 3.63) is 69.2 Å². The van der Waals surface area contributed by atoms with Crippen molar-refractivity contribution < 1.29 is 0 Å². The lowest BCUT2D eigenvalue weighted by Crippen LogP contribution is -2.14. The van der Waals surface area contributed by atoms with E-state index in [0.29, 0.717) is 5.92 Å². The number of hydrogen-bond acceptors (Lipinski definition) is 1. The summed E-state index contributed by atoms with van der Waals surface area (Å²) >= 11 is 3.60. The highest BCUT2D eigenvalue weighted by Gasteiger charge is 2.11. The summed E-state index contributed by atoms with van der Waals surface area (Å²) in [7, 11) is 0. The molecule has 1 unspecified atom stereocenters. The van der Waals surface area contributed by atoms with Gasteiger partial charge in [0.2, 0.25) is 0 Å². The molecule has 2 heteroatoms. The predicted molar refractivity (Wildman–Crippen MR) is 90.0 cm³/mol. The van der Waals surface area contributed by atoms with Crippen LogP contribution in [0.25, 0.3) is 0 Å². The lowest BCUT2D eigenvalue weighted by molar-refractivity contribution is 0.717. The topological polar surface area (TPSA) is 26.0 Å². The molecular formula is C18H22BrN. The maximum absolute atomic E-state index is 6.36. The summed E-state index contributed by atoms with van der Waals surface area (Å²) in [5.41, 5.74) is 11.4. The Kier molecular flexibility index (Phi) is 5.00. The van der Waals surface area contributed by atoms with Gasteiger partial charge in [-0.1, -0.05) is 71.7 Å². The van der Waals surface area contributed by atoms with Crippen LogP contribution < -0.4 is 5.73 Å². The molecule has 0 amide bonds. The Morgan fingerprint density at radius 2 is 1.70 bits per heavy atom. The Labute approximate surface area is 130 Å². The van der Waals surface area contributed by atoms with Crippen molar-refractivity contribution in [1.82, 2.24) is 0 Å². The van der Waals surface area contributed by atoms with E-state index in [2.05, 4.69) is 79.2 Å². The fourth-order valence-electron chi connectivity index (χ4n) is 2.35. The second-order valence-corrected chi connectivity index (χ2v) is 6.59. The zero-order valence-electron chi connectivity index (χ0n) is 12.4. The second kappa shape index (κ2) is 6.55. The van der Waals surface area contributed by atoms with Gasteiger partial charge in [0.05, 0.1) is 0 Å². The minimum atomic E-state index is 0.0224. The lowest BCUT2D eigenvalue weighted by atomic mass is 9.96. The zero-order chi connectivity index (χ0) is 14.7. The molecule has 1 atom stereocenters. The molecule has 0 spiro atoms. The molecule has 20 heavy (non-hydrogen) atoms. The molecule has 2 N–H and O–H groups in total. The average Bonchev–Trinajstić information content (AvgIpc) is 2.42. The van der Waals surface area contributed by atoms with Gasteiger partial charge in [0.15, 0.2) is 0 Å². The van der Waals surface area contributed by atoms with E-state index in [0.717, 1.165) is 10.9 Å². The Hall–Kier alpha value is -1.12. The summed E-state index contributed by atoms with van der Waals surface area (Å²) in [4.78, 5) is 0. The third-order valence-corrected chi connectivity index (χ3v) is 4.38. The highest BCUT2D eigenvalue weighted by Crippen LogP contribution is 2.26. The van der Waals surface area contributed by atoms with Crippen LogP contribution in [0, 0.1) is 6.92 Å². The van der Waals surface area contributed by atoms with Crippen LogP contribution in [0.2, 0.25) is 0 Å². The molecule has 0 heterocycles. The Morgan fingerprint density at radius 3 is 2.30 bits per heavy atom. The van der Waals surface area contributed by atoms with Gasteiger partial charge in [-0.05, 0) is 42.0 Å². The van der Waals surface area contributed by atoms with E-state index in [1.54, 1.807) is 0 Å². The molecule has 0 bridgehead atoms. The van der Waals surface area contributed by atoms with E-state index in [4.69, 9.17) is 5.73 Å². The Bertz CT molecular complexity index is 572. The molecule has 1 nitrogen and oxygen atoms in total. The van der Waals surface area contributed by atoms with Gasteiger partial charge in [-0.2, -0.15) is 0 Å². The van der Waals surface area contributed by atoms with E-state index in [-0.39, 0.29) is 6.04 Å². The summed E-state index contributed by atoms with van der Waals surface area (Å²) in [5, 5.41) is 0. The number of nitrogens with two attached hydrogens (primary N) is 1. The molecule has 0 radical (unpaired) electrons. The second-order valence-electron chi connectivity index (χ2n) is 5.73. The molecule has 0 saturated heterocycles. The molecule has 0 fully saturated rings. The Morgan fingerprint density at radius 1 is 1.05 bits per heavy atom. The van der Waals surface area contributed by atoms with E-state index >= 15 is 0 Å². The summed E-state index contributed by atoms with van der Waals surface area (Å²) in [6, 6.07) is 15.2. The number of hydrogen-bond donors (Lipinski definition) is 1. The molecule has 0 aromatic heterocycles. The van der Waals surface area contributed by atoms with Gasteiger partial charge < -0.3 is 5.73 Å². The summed E-state index contributed by atoms with van der Waals surface area (Å²) in [6.45, 7) is 6.52. The number of benzene rings is 2. The molecular weight excluding hydrogens is 310 g/mol. The monoisotopic (exact) mass is 331 g/mol. The highest BCUT2D eigenvalue weighted by atomic mass is 79.9. The number of halogens is 1. The first-order chi connectivity index (χ1) is 9.47. The van der Waals surface area contributed by atoms with Crippen molar-refractivity contribution in [2.45, 2.75) is 39.2 Å². The summed E-state index contributed by atoms with van der Waals surface area (Å²) in [6.07, 6.45) is 0.862. The van der Waals surface area contributed by atoms with Crippen LogP contribution in [0.1, 0.15) is 48.1 Å². The van der Waals surface area contributed by atoms with Crippen molar-refractivity contribution in [1.29, 1.82) is 0 Å². The maximum Gasteiger partial charge on any atom is 0.0347 e. The van der Waals surface area contributed by atoms with Crippen molar-refractivity contribution >= 4 is 15.9 Å². The number of rotatable bonds is 4. The molecule has 2 aromatic carbocycles. The largest absolute Gasteiger partial charge is 0.324 e. The van der Waals surface area contributed by atoms with Crippen LogP contribution in [0.15, 0.2) is 46.9 Å². The van der Waals surface area contributed by atoms with Gasteiger partial charge in [0.25, 0.3) is 0 Å². The van der Waals surface area contributed by atoms with E-state index in [9.17, 15) is 0 Å². The van der Waals surface area contributed by atoms with Gasteiger partial charge in [-0.15, -0.1) is 0 Å². The van der Waals surface area contributed by atoms with E-state index < -0.39 is 0 Å². The summed E-state index contributed by atoms with van der Waals surface area (Å²) in [5.74, 6) is 0.573. The fraction of sp³-hybridized carbons (Fsp3) is 0.333. The predicted octanol–water partition coefficient (Wildman–Crippen LogP) is 5.12. The highest BCUT2D eigenvalue weighted by molar-refractivity contribution is 9.10. The van der Waals surface area contributed by atoms with E-state index in [1.165, 1.54) is 22.3 Å². The standard InChI is InChI=1S/C18H22BrN/c1-12(2)15-7-5-14(6-8-15)11-18(20)16-10-13(3)4-9-17(16)19/h4-10,12,18H,11,20H2,1-3H3. The molecule has 2 aromatic rings. The normalized spacial score (nSPS) is 12.7. The van der Waals surface area contributed by atoms with Gasteiger partial charge in [0.1, 0.15) is 0 Å². The lowest BCUT2D eigenvalue weighted by Gasteiger charge is -2.15. The van der Waals surface area contributed by atoms with E-state index in [1.807, 2.05) is 0 Å². The summed E-state index contributed by atoms with van der Waals surface area (Å²) < 4.78 is 1.09. The molecule has 0 saturated carbocycles. The van der Waals surface area contributed by atoms with Crippen molar-refractivity contribution in [2.24, 2.45) is 5.73 Å². The first-order valence-electron chi connectivity index (χ1n) is 7.08. The molecule has 0 aliphatic heterocycles. The van der Waals surface area contributed by atoms with Gasteiger partial charge in [-0.3, -0.25) is 0 Å². The first kappa shape index (κ1) is 15.3. The first-order valence-corrected chi connectivity index (χ1v) is 7.87. The van der Waals surface area contributed by atoms with Crippen LogP contribution in [-0.2, 0) is 6.42 Å². The molecule has 0 aliphatic rings. The SMILES string of the molecule is Cc1ccc(Br)c(C(N)Cc2ccc(C(C)C)cc2)c1. The minimum Gasteiger partial charge on any atom is -0.324 e. The fourth-order valence-corrected chi connectivity index (χ4v) is 2.89. The van der Waals surface area contributed by atoms with Gasteiger partial charge >= 0.3 is 0 Å². The smallest absolute Gasteiger partial charge is 0.0347 e. The minimum absolute atomic E-state index is 0.0224. The van der Waals surface area contributed by atoms with Crippen molar-refractivity contribution in [3.63, 3.8) is 0 Å². The van der Waals surface area contributed by atoms with Gasteiger partial charge in [0, 0.05) is 10.5 Å². The van der Waals surface area contributed by atoms with Crippen LogP contribution in [-0.4, -0.2) is 0 Å². The van der Waals surface area contributed by atoms with Crippen LogP contribution in [0.3, 0.4) is 0 Å². The third kappa shape index (κ3) is 3.71. The number of aryl methyl sites for hydroxylation is 1. The van der Waals surface area contributed by atoms with Crippen molar-refractivity contribution in [2.75, 3.05) is 0 Å². The van der Waals surface area contributed by atoms with Crippen LogP contribution in [0.4, 0.5) is 0 Å². The van der Waals surface area contributed by atoms with Crippen LogP contribution >= 0.6 is 15.9 Å². The third-order valence-electron chi connectivity index (χ3n) is 3.65. The quantitative estimate of drug-likeness (QED) is 0.826. The average molecular weight is 332 g/mol. The van der Waals surface area contributed by atoms with Crippen molar-refractivity contribution in [3.8, 4) is 0 Å². The molecule has 106 valence electrons. The molecule has 2 rings (SSSR count).